The van der Waals surface area contributed by atoms with Crippen LogP contribution in [0.25, 0.3) is 0 Å². The standard InChI is InChI=1S/C18H21N3O2/c1-13(22)21-15-5-4-6-16(11-15)23-18-9-8-14(12-20-18)17-7-2-3-10-19-17/h4-6,8-9,11-12,17,19H,2-3,7,10H2,1H3,(H,21,22). The van der Waals surface area contributed by atoms with Gasteiger partial charge in [-0.3, -0.25) is 4.79 Å². The molecule has 5 nitrogen and oxygen atoms in total. The molecule has 2 aromatic rings. The number of carbonyl (C=O) groups is 1. The van der Waals surface area contributed by atoms with Gasteiger partial charge < -0.3 is 15.4 Å². The fourth-order valence-electron chi connectivity index (χ4n) is 2.76. The average molecular weight is 311 g/mol. The van der Waals surface area contributed by atoms with E-state index in [0.29, 0.717) is 23.4 Å². The Morgan fingerprint density at radius 2 is 2.22 bits per heavy atom. The summed E-state index contributed by atoms with van der Waals surface area (Å²) in [6.45, 7) is 2.55. The van der Waals surface area contributed by atoms with Gasteiger partial charge in [0.15, 0.2) is 0 Å². The smallest absolute Gasteiger partial charge is 0.221 e. The molecule has 1 unspecified atom stereocenters. The maximum atomic E-state index is 11.1. The normalized spacial score (nSPS) is 17.5. The number of rotatable bonds is 4. The summed E-state index contributed by atoms with van der Waals surface area (Å²) in [7, 11) is 0. The zero-order valence-corrected chi connectivity index (χ0v) is 13.2. The van der Waals surface area contributed by atoms with Gasteiger partial charge >= 0.3 is 0 Å². The summed E-state index contributed by atoms with van der Waals surface area (Å²) in [6, 6.07) is 11.6. The molecule has 2 N–H and O–H groups in total. The van der Waals surface area contributed by atoms with E-state index >= 15 is 0 Å². The molecule has 0 radical (unpaired) electrons. The largest absolute Gasteiger partial charge is 0.439 e. The lowest BCUT2D eigenvalue weighted by molar-refractivity contribution is -0.114. The number of nitrogens with zero attached hydrogens (tertiary/aromatic N) is 1. The fraction of sp³-hybridized carbons (Fsp3) is 0.333. The van der Waals surface area contributed by atoms with E-state index in [0.717, 1.165) is 13.0 Å². The molecule has 0 saturated carbocycles. The molecule has 120 valence electrons. The summed E-state index contributed by atoms with van der Waals surface area (Å²) < 4.78 is 5.76. The first kappa shape index (κ1) is 15.5. The van der Waals surface area contributed by atoms with E-state index in [-0.39, 0.29) is 5.91 Å². The highest BCUT2D eigenvalue weighted by molar-refractivity contribution is 5.88. The first-order valence-electron chi connectivity index (χ1n) is 7.95. The Morgan fingerprint density at radius 1 is 1.30 bits per heavy atom. The van der Waals surface area contributed by atoms with Gasteiger partial charge in [-0.25, -0.2) is 4.98 Å². The lowest BCUT2D eigenvalue weighted by Crippen LogP contribution is -2.26. The number of amides is 1. The predicted molar refractivity (Wildman–Crippen MR) is 89.7 cm³/mol. The molecule has 0 spiro atoms. The van der Waals surface area contributed by atoms with Crippen LogP contribution in [0.2, 0.25) is 0 Å². The summed E-state index contributed by atoms with van der Waals surface area (Å²) in [5, 5.41) is 6.24. The molecule has 5 heteroatoms. The topological polar surface area (TPSA) is 63.2 Å². The van der Waals surface area contributed by atoms with Gasteiger partial charge in [0.05, 0.1) is 0 Å². The number of piperidine rings is 1. The molecular weight excluding hydrogens is 290 g/mol. The molecule has 3 rings (SSSR count). The van der Waals surface area contributed by atoms with Crippen molar-refractivity contribution in [3.05, 3.63) is 48.2 Å². The Hall–Kier alpha value is -2.40. The van der Waals surface area contributed by atoms with E-state index in [4.69, 9.17) is 4.74 Å². The third-order valence-electron chi connectivity index (χ3n) is 3.85. The number of aromatic nitrogens is 1. The van der Waals surface area contributed by atoms with Crippen molar-refractivity contribution in [2.75, 3.05) is 11.9 Å². The average Bonchev–Trinajstić information content (AvgIpc) is 2.56. The summed E-state index contributed by atoms with van der Waals surface area (Å²) in [4.78, 5) is 15.5. The zero-order chi connectivity index (χ0) is 16.1. The summed E-state index contributed by atoms with van der Waals surface area (Å²) in [5.74, 6) is 1.08. The molecular formula is C18H21N3O2. The van der Waals surface area contributed by atoms with Gasteiger partial charge in [0.1, 0.15) is 5.75 Å². The van der Waals surface area contributed by atoms with Crippen LogP contribution in [0.3, 0.4) is 0 Å². The number of hydrogen-bond acceptors (Lipinski definition) is 4. The molecule has 1 saturated heterocycles. The van der Waals surface area contributed by atoms with Gasteiger partial charge in [0.25, 0.3) is 0 Å². The van der Waals surface area contributed by atoms with Gasteiger partial charge in [0, 0.05) is 37.0 Å². The molecule has 1 aliphatic heterocycles. The van der Waals surface area contributed by atoms with Crippen molar-refractivity contribution in [3.8, 4) is 11.6 Å². The lowest BCUT2D eigenvalue weighted by Gasteiger charge is -2.23. The van der Waals surface area contributed by atoms with Crippen molar-refractivity contribution in [3.63, 3.8) is 0 Å². The van der Waals surface area contributed by atoms with E-state index in [1.807, 2.05) is 30.5 Å². The van der Waals surface area contributed by atoms with Gasteiger partial charge in [-0.15, -0.1) is 0 Å². The van der Waals surface area contributed by atoms with E-state index in [1.165, 1.54) is 25.3 Å². The van der Waals surface area contributed by atoms with Crippen molar-refractivity contribution in [2.45, 2.75) is 32.2 Å². The second-order valence-electron chi connectivity index (χ2n) is 5.74. The minimum absolute atomic E-state index is 0.107. The SMILES string of the molecule is CC(=O)Nc1cccc(Oc2ccc(C3CCCCN3)cn2)c1. The molecule has 2 heterocycles. The van der Waals surface area contributed by atoms with Gasteiger partial charge in [-0.1, -0.05) is 18.6 Å². The van der Waals surface area contributed by atoms with E-state index in [9.17, 15) is 4.79 Å². The number of hydrogen-bond donors (Lipinski definition) is 2. The molecule has 1 aliphatic rings. The Bertz CT molecular complexity index is 664. The lowest BCUT2D eigenvalue weighted by atomic mass is 9.99. The van der Waals surface area contributed by atoms with Crippen molar-refractivity contribution in [2.24, 2.45) is 0 Å². The first-order valence-corrected chi connectivity index (χ1v) is 7.95. The second-order valence-corrected chi connectivity index (χ2v) is 5.74. The van der Waals surface area contributed by atoms with Crippen LogP contribution in [0, 0.1) is 0 Å². The monoisotopic (exact) mass is 311 g/mol. The third-order valence-corrected chi connectivity index (χ3v) is 3.85. The minimum Gasteiger partial charge on any atom is -0.439 e. The highest BCUT2D eigenvalue weighted by atomic mass is 16.5. The van der Waals surface area contributed by atoms with Crippen LogP contribution in [0.1, 0.15) is 37.8 Å². The number of benzene rings is 1. The highest BCUT2D eigenvalue weighted by Crippen LogP contribution is 2.26. The number of anilines is 1. The van der Waals surface area contributed by atoms with E-state index < -0.39 is 0 Å². The molecule has 1 amide bonds. The van der Waals surface area contributed by atoms with Crippen LogP contribution in [-0.4, -0.2) is 17.4 Å². The van der Waals surface area contributed by atoms with E-state index in [2.05, 4.69) is 21.7 Å². The molecule has 0 aliphatic carbocycles. The minimum atomic E-state index is -0.107. The van der Waals surface area contributed by atoms with Crippen LogP contribution in [0.4, 0.5) is 5.69 Å². The zero-order valence-electron chi connectivity index (χ0n) is 13.2. The quantitative estimate of drug-likeness (QED) is 0.904. The molecule has 1 aromatic heterocycles. The van der Waals surface area contributed by atoms with Crippen LogP contribution in [0.5, 0.6) is 11.6 Å². The van der Waals surface area contributed by atoms with Crippen LogP contribution >= 0.6 is 0 Å². The summed E-state index contributed by atoms with van der Waals surface area (Å²) in [5.41, 5.74) is 1.90. The van der Waals surface area contributed by atoms with Gasteiger partial charge in [-0.2, -0.15) is 0 Å². The van der Waals surface area contributed by atoms with Gasteiger partial charge in [0.2, 0.25) is 11.8 Å². The molecule has 23 heavy (non-hydrogen) atoms. The highest BCUT2D eigenvalue weighted by Gasteiger charge is 2.14. The number of carbonyl (C=O) groups excluding carboxylic acids is 1. The Morgan fingerprint density at radius 3 is 2.91 bits per heavy atom. The van der Waals surface area contributed by atoms with Crippen molar-refractivity contribution in [1.29, 1.82) is 0 Å². The maximum absolute atomic E-state index is 11.1. The maximum Gasteiger partial charge on any atom is 0.221 e. The van der Waals surface area contributed by atoms with Crippen molar-refractivity contribution < 1.29 is 9.53 Å². The van der Waals surface area contributed by atoms with Crippen LogP contribution in [0.15, 0.2) is 42.6 Å². The molecule has 0 bridgehead atoms. The summed E-state index contributed by atoms with van der Waals surface area (Å²) in [6.07, 6.45) is 5.53. The Labute approximate surface area is 136 Å². The third kappa shape index (κ3) is 4.29. The molecule has 1 fully saturated rings. The molecule has 1 aromatic carbocycles. The first-order chi connectivity index (χ1) is 11.2. The Kier molecular flexibility index (Phi) is 4.88. The number of nitrogens with one attached hydrogen (secondary N) is 2. The van der Waals surface area contributed by atoms with Crippen molar-refractivity contribution >= 4 is 11.6 Å². The number of pyridine rings is 1. The van der Waals surface area contributed by atoms with E-state index in [1.54, 1.807) is 6.07 Å². The fourth-order valence-corrected chi connectivity index (χ4v) is 2.76. The Balaban J connectivity index is 1.67. The second kappa shape index (κ2) is 7.24. The van der Waals surface area contributed by atoms with Crippen LogP contribution < -0.4 is 15.4 Å². The number of ether oxygens (including phenoxy) is 1. The van der Waals surface area contributed by atoms with Crippen molar-refractivity contribution in [1.82, 2.24) is 10.3 Å². The summed E-state index contributed by atoms with van der Waals surface area (Å²) >= 11 is 0. The van der Waals surface area contributed by atoms with Crippen LogP contribution in [-0.2, 0) is 4.79 Å². The molecule has 1 atom stereocenters. The predicted octanol–water partition coefficient (Wildman–Crippen LogP) is 3.65. The van der Waals surface area contributed by atoms with Gasteiger partial charge in [-0.05, 0) is 37.1 Å².